The van der Waals surface area contributed by atoms with E-state index in [9.17, 15) is 10.3 Å². The summed E-state index contributed by atoms with van der Waals surface area (Å²) in [5.41, 5.74) is 2.79. The molecule has 0 radical (unpaired) electrons. The number of aromatic amines is 1. The maximum atomic E-state index is 10.8. The molecule has 0 spiro atoms. The van der Waals surface area contributed by atoms with Gasteiger partial charge in [-0.2, -0.15) is 0 Å². The molecule has 4 aliphatic rings. The number of oxime groups is 1. The van der Waals surface area contributed by atoms with Gasteiger partial charge < -0.3 is 20.6 Å². The fourth-order valence-electron chi connectivity index (χ4n) is 5.88. The van der Waals surface area contributed by atoms with E-state index in [4.69, 9.17) is 0 Å². The van der Waals surface area contributed by atoms with E-state index < -0.39 is 5.60 Å². The van der Waals surface area contributed by atoms with Crippen LogP contribution in [0.3, 0.4) is 0 Å². The van der Waals surface area contributed by atoms with Crippen molar-refractivity contribution >= 4 is 22.4 Å². The minimum atomic E-state index is -0.429. The Morgan fingerprint density at radius 2 is 2.08 bits per heavy atom. The van der Waals surface area contributed by atoms with Crippen molar-refractivity contribution in [3.63, 3.8) is 0 Å². The molecule has 2 atom stereocenters. The molecule has 4 fully saturated rings. The molecule has 4 aliphatic carbocycles. The Morgan fingerprint density at radius 1 is 1.32 bits per heavy atom. The number of hydrogen-bond donors (Lipinski definition) is 4. The minimum Gasteiger partial charge on any atom is -0.411 e. The highest BCUT2D eigenvalue weighted by Crippen LogP contribution is 2.56. The van der Waals surface area contributed by atoms with E-state index in [1.807, 2.05) is 12.3 Å². The average Bonchev–Trinajstić information content (AvgIpc) is 3.04. The Labute approximate surface area is 146 Å². The van der Waals surface area contributed by atoms with Gasteiger partial charge in [0, 0.05) is 29.4 Å². The number of anilines is 1. The van der Waals surface area contributed by atoms with Crippen molar-refractivity contribution in [1.29, 1.82) is 0 Å². The number of pyridine rings is 1. The second-order valence-electron chi connectivity index (χ2n) is 8.34. The summed E-state index contributed by atoms with van der Waals surface area (Å²) in [4.78, 5) is 7.60. The molecule has 2 heterocycles. The molecule has 0 aliphatic heterocycles. The number of rotatable bonds is 3. The first-order valence-electron chi connectivity index (χ1n) is 9.20. The van der Waals surface area contributed by atoms with Crippen LogP contribution in [0.4, 0.5) is 5.69 Å². The van der Waals surface area contributed by atoms with Crippen LogP contribution in [0, 0.1) is 17.8 Å². The van der Waals surface area contributed by atoms with E-state index in [1.165, 1.54) is 12.8 Å². The lowest BCUT2D eigenvalue weighted by Crippen LogP contribution is -2.59. The van der Waals surface area contributed by atoms with Crippen LogP contribution in [0.15, 0.2) is 23.6 Å². The van der Waals surface area contributed by atoms with Crippen molar-refractivity contribution in [2.24, 2.45) is 22.9 Å². The summed E-state index contributed by atoms with van der Waals surface area (Å²) in [5, 5.41) is 28.3. The topological polar surface area (TPSA) is 93.5 Å². The number of aromatic nitrogens is 2. The van der Waals surface area contributed by atoms with Gasteiger partial charge >= 0.3 is 0 Å². The van der Waals surface area contributed by atoms with Crippen molar-refractivity contribution < 1.29 is 10.3 Å². The molecule has 2 unspecified atom stereocenters. The van der Waals surface area contributed by atoms with Gasteiger partial charge in [-0.15, -0.1) is 0 Å². The van der Waals surface area contributed by atoms with Gasteiger partial charge in [0.05, 0.1) is 17.0 Å². The van der Waals surface area contributed by atoms with Crippen molar-refractivity contribution in [2.75, 3.05) is 5.32 Å². The molecule has 2 aromatic heterocycles. The number of H-pyrrole nitrogens is 1. The number of aliphatic hydroxyl groups is 1. The molecule has 6 rings (SSSR count). The van der Waals surface area contributed by atoms with E-state index >= 15 is 0 Å². The van der Waals surface area contributed by atoms with Crippen LogP contribution in [0.25, 0.3) is 11.0 Å². The van der Waals surface area contributed by atoms with Crippen molar-refractivity contribution in [1.82, 2.24) is 9.97 Å². The van der Waals surface area contributed by atoms with Gasteiger partial charge in [0.15, 0.2) is 0 Å². The molecule has 6 nitrogen and oxygen atoms in total. The third-order valence-corrected chi connectivity index (χ3v) is 6.68. The van der Waals surface area contributed by atoms with Gasteiger partial charge in [-0.1, -0.05) is 5.16 Å². The Morgan fingerprint density at radius 3 is 2.76 bits per heavy atom. The molecule has 0 aromatic carbocycles. The molecule has 4 N–H and O–H groups in total. The van der Waals surface area contributed by atoms with Crippen LogP contribution >= 0.6 is 0 Å². The molecular weight excluding hydrogens is 316 g/mol. The fourth-order valence-corrected chi connectivity index (χ4v) is 5.88. The minimum absolute atomic E-state index is 0.363. The molecule has 132 valence electrons. The molecular formula is C19H24N4O2. The molecule has 0 amide bonds. The second-order valence-corrected chi connectivity index (χ2v) is 8.34. The SMILES string of the molecule is C/C(=N\O)c1cnc2[nH]ccc2c1NC1C2CC3CC1CC(O)(C3)C2. The summed E-state index contributed by atoms with van der Waals surface area (Å²) in [6.45, 7) is 1.79. The highest BCUT2D eigenvalue weighted by Gasteiger charge is 2.54. The van der Waals surface area contributed by atoms with Gasteiger partial charge in [0.2, 0.25) is 0 Å². The summed E-state index contributed by atoms with van der Waals surface area (Å²) in [6, 6.07) is 2.38. The fraction of sp³-hybridized carbons (Fsp3) is 0.579. The zero-order chi connectivity index (χ0) is 17.2. The van der Waals surface area contributed by atoms with E-state index in [2.05, 4.69) is 20.4 Å². The van der Waals surface area contributed by atoms with Crippen molar-refractivity contribution in [3.8, 4) is 0 Å². The lowest BCUT2D eigenvalue weighted by Gasteiger charge is -2.58. The second kappa shape index (κ2) is 5.21. The van der Waals surface area contributed by atoms with Crippen molar-refractivity contribution in [2.45, 2.75) is 50.7 Å². The van der Waals surface area contributed by atoms with Crippen molar-refractivity contribution in [3.05, 3.63) is 24.0 Å². The molecule has 25 heavy (non-hydrogen) atoms. The summed E-state index contributed by atoms with van der Waals surface area (Å²) in [6.07, 6.45) is 8.87. The zero-order valence-corrected chi connectivity index (χ0v) is 14.4. The smallest absolute Gasteiger partial charge is 0.139 e. The Hall–Kier alpha value is -2.08. The van der Waals surface area contributed by atoms with Gasteiger partial charge in [0.25, 0.3) is 0 Å². The largest absolute Gasteiger partial charge is 0.411 e. The zero-order valence-electron chi connectivity index (χ0n) is 14.4. The number of fused-ring (bicyclic) bond motifs is 1. The lowest BCUT2D eigenvalue weighted by atomic mass is 9.52. The van der Waals surface area contributed by atoms with Gasteiger partial charge in [-0.3, -0.25) is 0 Å². The monoisotopic (exact) mass is 340 g/mol. The number of nitrogens with zero attached hydrogens (tertiary/aromatic N) is 2. The lowest BCUT2D eigenvalue weighted by molar-refractivity contribution is -0.129. The van der Waals surface area contributed by atoms with E-state index in [0.29, 0.717) is 29.5 Å². The maximum Gasteiger partial charge on any atom is 0.139 e. The molecule has 4 bridgehead atoms. The molecule has 0 saturated heterocycles. The maximum absolute atomic E-state index is 10.8. The van der Waals surface area contributed by atoms with Crippen LogP contribution in [0.5, 0.6) is 0 Å². The predicted octanol–water partition coefficient (Wildman–Crippen LogP) is 3.11. The summed E-state index contributed by atoms with van der Waals surface area (Å²) in [5.74, 6) is 1.71. The standard InChI is InChI=1S/C19H24N4O2/c1-10(23-25)15-9-21-18-14(2-3-20-18)17(15)22-16-12-4-11-5-13(16)8-19(24,6-11)7-12/h2-3,9,11-13,16,24-25H,4-8H2,1H3,(H2,20,21,22)/b23-10+. The highest BCUT2D eigenvalue weighted by molar-refractivity contribution is 6.08. The third-order valence-electron chi connectivity index (χ3n) is 6.68. The van der Waals surface area contributed by atoms with Crippen LogP contribution in [0.2, 0.25) is 0 Å². The van der Waals surface area contributed by atoms with Crippen LogP contribution in [-0.2, 0) is 0 Å². The number of hydrogen-bond acceptors (Lipinski definition) is 5. The van der Waals surface area contributed by atoms with E-state index in [-0.39, 0.29) is 0 Å². The quantitative estimate of drug-likeness (QED) is 0.392. The highest BCUT2D eigenvalue weighted by atomic mass is 16.4. The number of nitrogens with one attached hydrogen (secondary N) is 2. The van der Waals surface area contributed by atoms with E-state index in [0.717, 1.165) is 41.5 Å². The molecule has 6 heteroatoms. The summed E-state index contributed by atoms with van der Waals surface area (Å²) in [7, 11) is 0. The first kappa shape index (κ1) is 15.2. The predicted molar refractivity (Wildman–Crippen MR) is 96.0 cm³/mol. The van der Waals surface area contributed by atoms with E-state index in [1.54, 1.807) is 13.1 Å². The Balaban J connectivity index is 1.55. The van der Waals surface area contributed by atoms with Crippen LogP contribution in [-0.4, -0.2) is 37.6 Å². The summed E-state index contributed by atoms with van der Waals surface area (Å²) >= 11 is 0. The van der Waals surface area contributed by atoms with Gasteiger partial charge in [-0.25, -0.2) is 4.98 Å². The average molecular weight is 340 g/mol. The Kier molecular flexibility index (Phi) is 3.17. The summed E-state index contributed by atoms with van der Waals surface area (Å²) < 4.78 is 0. The first-order valence-corrected chi connectivity index (χ1v) is 9.20. The third kappa shape index (κ3) is 2.27. The van der Waals surface area contributed by atoms with Gasteiger partial charge in [0.1, 0.15) is 5.65 Å². The first-order chi connectivity index (χ1) is 12.1. The van der Waals surface area contributed by atoms with Crippen LogP contribution < -0.4 is 5.32 Å². The normalized spacial score (nSPS) is 37.0. The van der Waals surface area contributed by atoms with Gasteiger partial charge in [-0.05, 0) is 62.8 Å². The molecule has 4 saturated carbocycles. The van der Waals surface area contributed by atoms with Crippen LogP contribution in [0.1, 0.15) is 44.6 Å². The molecule has 2 aromatic rings. The Bertz CT molecular complexity index is 842.